The molecule has 0 bridgehead atoms. The van der Waals surface area contributed by atoms with E-state index in [4.69, 9.17) is 9.47 Å². The van der Waals surface area contributed by atoms with E-state index in [9.17, 15) is 14.4 Å². The number of carbonyl (C=O) groups is 3. The SMILES string of the molecule is CCOC(=O)c1c2n(c3ccc(OC(C)=O)cc13)C(=O)SC2. The van der Waals surface area contributed by atoms with Crippen molar-refractivity contribution in [2.45, 2.75) is 19.6 Å². The lowest BCUT2D eigenvalue weighted by molar-refractivity contribution is -0.131. The summed E-state index contributed by atoms with van der Waals surface area (Å²) < 4.78 is 11.7. The fourth-order valence-electron chi connectivity index (χ4n) is 2.52. The molecule has 7 heteroatoms. The van der Waals surface area contributed by atoms with E-state index in [-0.39, 0.29) is 11.8 Å². The van der Waals surface area contributed by atoms with Crippen LogP contribution in [0, 0.1) is 0 Å². The number of esters is 2. The second-order valence-electron chi connectivity index (χ2n) is 4.70. The van der Waals surface area contributed by atoms with Gasteiger partial charge in [-0.3, -0.25) is 14.2 Å². The Morgan fingerprint density at radius 1 is 1.36 bits per heavy atom. The Morgan fingerprint density at radius 2 is 2.14 bits per heavy atom. The Kier molecular flexibility index (Phi) is 3.66. The number of nitrogens with zero attached hydrogens (tertiary/aromatic N) is 1. The molecule has 2 heterocycles. The van der Waals surface area contributed by atoms with E-state index < -0.39 is 11.9 Å². The van der Waals surface area contributed by atoms with E-state index in [2.05, 4.69) is 0 Å². The summed E-state index contributed by atoms with van der Waals surface area (Å²) in [6.45, 7) is 3.27. The smallest absolute Gasteiger partial charge is 0.340 e. The minimum absolute atomic E-state index is 0.129. The maximum Gasteiger partial charge on any atom is 0.340 e. The van der Waals surface area contributed by atoms with Crippen LogP contribution in [-0.2, 0) is 15.3 Å². The fraction of sp³-hybridized carbons (Fsp3) is 0.267. The number of hydrogen-bond donors (Lipinski definition) is 0. The molecule has 0 fully saturated rings. The van der Waals surface area contributed by atoms with Crippen molar-refractivity contribution in [2.75, 3.05) is 6.61 Å². The van der Waals surface area contributed by atoms with Gasteiger partial charge in [0, 0.05) is 18.1 Å². The largest absolute Gasteiger partial charge is 0.462 e. The standard InChI is InChI=1S/C15H13NO5S/c1-3-20-14(18)13-10-6-9(21-8(2)17)4-5-11(10)16-12(13)7-22-15(16)19/h4-6H,3,7H2,1-2H3. The Labute approximate surface area is 130 Å². The van der Waals surface area contributed by atoms with Crippen molar-refractivity contribution in [3.8, 4) is 5.75 Å². The van der Waals surface area contributed by atoms with Crippen LogP contribution < -0.4 is 4.74 Å². The van der Waals surface area contributed by atoms with Gasteiger partial charge >= 0.3 is 11.9 Å². The molecule has 22 heavy (non-hydrogen) atoms. The molecule has 0 saturated carbocycles. The topological polar surface area (TPSA) is 74.6 Å². The van der Waals surface area contributed by atoms with E-state index in [0.29, 0.717) is 33.7 Å². The first-order valence-electron chi connectivity index (χ1n) is 6.73. The van der Waals surface area contributed by atoms with Crippen LogP contribution >= 0.6 is 11.8 Å². The molecule has 0 N–H and O–H groups in total. The summed E-state index contributed by atoms with van der Waals surface area (Å²) in [6, 6.07) is 4.86. The van der Waals surface area contributed by atoms with E-state index in [0.717, 1.165) is 11.8 Å². The summed E-state index contributed by atoms with van der Waals surface area (Å²) in [4.78, 5) is 35.4. The molecule has 6 nitrogen and oxygen atoms in total. The van der Waals surface area contributed by atoms with Gasteiger partial charge in [-0.1, -0.05) is 11.8 Å². The number of rotatable bonds is 3. The van der Waals surface area contributed by atoms with Gasteiger partial charge in [-0.25, -0.2) is 4.79 Å². The summed E-state index contributed by atoms with van der Waals surface area (Å²) in [5.74, 6) is -0.174. The first kappa shape index (κ1) is 14.6. The Morgan fingerprint density at radius 3 is 2.82 bits per heavy atom. The number of carbonyl (C=O) groups excluding carboxylic acids is 3. The molecule has 1 aromatic carbocycles. The Hall–Kier alpha value is -2.28. The van der Waals surface area contributed by atoms with Crippen molar-refractivity contribution in [1.82, 2.24) is 4.57 Å². The van der Waals surface area contributed by atoms with Crippen LogP contribution in [0.5, 0.6) is 5.75 Å². The lowest BCUT2D eigenvalue weighted by Crippen LogP contribution is -2.07. The van der Waals surface area contributed by atoms with Crippen LogP contribution in [-0.4, -0.2) is 28.4 Å². The Bertz CT molecular complexity index is 808. The zero-order valence-corrected chi connectivity index (χ0v) is 12.9. The van der Waals surface area contributed by atoms with Crippen molar-refractivity contribution in [3.05, 3.63) is 29.5 Å². The molecule has 0 atom stereocenters. The van der Waals surface area contributed by atoms with Gasteiger partial charge in [0.15, 0.2) is 0 Å². The highest BCUT2D eigenvalue weighted by Crippen LogP contribution is 2.37. The lowest BCUT2D eigenvalue weighted by Gasteiger charge is -2.04. The molecule has 0 radical (unpaired) electrons. The summed E-state index contributed by atoms with van der Waals surface area (Å²) in [5.41, 5.74) is 1.61. The Balaban J connectivity index is 2.23. The van der Waals surface area contributed by atoms with Gasteiger partial charge in [0.2, 0.25) is 0 Å². The molecule has 114 valence electrons. The third kappa shape index (κ3) is 2.27. The number of aromatic nitrogens is 1. The second-order valence-corrected chi connectivity index (χ2v) is 5.63. The number of hydrogen-bond acceptors (Lipinski definition) is 6. The predicted molar refractivity (Wildman–Crippen MR) is 81.3 cm³/mol. The molecule has 0 unspecified atom stereocenters. The first-order valence-corrected chi connectivity index (χ1v) is 7.71. The molecular weight excluding hydrogens is 306 g/mol. The molecule has 0 saturated heterocycles. The summed E-state index contributed by atoms with van der Waals surface area (Å²) >= 11 is 1.14. The molecule has 2 aromatic rings. The monoisotopic (exact) mass is 319 g/mol. The molecule has 3 rings (SSSR count). The van der Waals surface area contributed by atoms with Crippen molar-refractivity contribution in [1.29, 1.82) is 0 Å². The van der Waals surface area contributed by atoms with Gasteiger partial charge in [-0.2, -0.15) is 0 Å². The van der Waals surface area contributed by atoms with Crippen LogP contribution in [0.15, 0.2) is 18.2 Å². The highest BCUT2D eigenvalue weighted by Gasteiger charge is 2.31. The van der Waals surface area contributed by atoms with Crippen LogP contribution in [0.1, 0.15) is 29.9 Å². The molecule has 0 spiro atoms. The average Bonchev–Trinajstić information content (AvgIpc) is 2.96. The molecular formula is C15H13NO5S. The molecule has 0 amide bonds. The van der Waals surface area contributed by atoms with E-state index in [1.165, 1.54) is 11.5 Å². The van der Waals surface area contributed by atoms with Crippen LogP contribution in [0.25, 0.3) is 10.9 Å². The minimum atomic E-state index is -0.475. The molecule has 1 aliphatic rings. The average molecular weight is 319 g/mol. The number of fused-ring (bicyclic) bond motifs is 3. The number of ether oxygens (including phenoxy) is 2. The summed E-state index contributed by atoms with van der Waals surface area (Å²) in [5, 5.41) is 0.427. The van der Waals surface area contributed by atoms with Crippen molar-refractivity contribution in [2.24, 2.45) is 0 Å². The van der Waals surface area contributed by atoms with E-state index in [1.54, 1.807) is 25.1 Å². The number of thioether (sulfide) groups is 1. The minimum Gasteiger partial charge on any atom is -0.462 e. The van der Waals surface area contributed by atoms with E-state index in [1.807, 2.05) is 0 Å². The highest BCUT2D eigenvalue weighted by molar-refractivity contribution is 8.13. The second kappa shape index (κ2) is 5.49. The normalized spacial score (nSPS) is 13.3. The third-order valence-corrected chi connectivity index (χ3v) is 4.14. The zero-order valence-electron chi connectivity index (χ0n) is 12.0. The first-order chi connectivity index (χ1) is 10.5. The maximum absolute atomic E-state index is 12.3. The summed E-state index contributed by atoms with van der Waals surface area (Å²) in [7, 11) is 0. The molecule has 1 aliphatic heterocycles. The van der Waals surface area contributed by atoms with Gasteiger partial charge in [0.25, 0.3) is 5.24 Å². The predicted octanol–water partition coefficient (Wildman–Crippen LogP) is 2.96. The van der Waals surface area contributed by atoms with Crippen LogP contribution in [0.2, 0.25) is 0 Å². The highest BCUT2D eigenvalue weighted by atomic mass is 32.2. The summed E-state index contributed by atoms with van der Waals surface area (Å²) in [6.07, 6.45) is 0. The lowest BCUT2D eigenvalue weighted by atomic mass is 10.1. The van der Waals surface area contributed by atoms with Gasteiger partial charge in [-0.15, -0.1) is 0 Å². The molecule has 1 aromatic heterocycles. The van der Waals surface area contributed by atoms with Gasteiger partial charge in [-0.05, 0) is 25.1 Å². The molecule has 0 aliphatic carbocycles. The quantitative estimate of drug-likeness (QED) is 0.639. The van der Waals surface area contributed by atoms with E-state index >= 15 is 0 Å². The van der Waals surface area contributed by atoms with Crippen LogP contribution in [0.3, 0.4) is 0 Å². The fourth-order valence-corrected chi connectivity index (χ4v) is 3.39. The number of benzene rings is 1. The van der Waals surface area contributed by atoms with Gasteiger partial charge in [0.05, 0.1) is 23.4 Å². The zero-order chi connectivity index (χ0) is 15.9. The van der Waals surface area contributed by atoms with Crippen molar-refractivity contribution in [3.63, 3.8) is 0 Å². The van der Waals surface area contributed by atoms with Gasteiger partial charge in [0.1, 0.15) is 5.75 Å². The van der Waals surface area contributed by atoms with Crippen LogP contribution in [0.4, 0.5) is 4.79 Å². The maximum atomic E-state index is 12.3. The van der Waals surface area contributed by atoms with Crippen molar-refractivity contribution < 1.29 is 23.9 Å². The third-order valence-electron chi connectivity index (χ3n) is 3.29. The van der Waals surface area contributed by atoms with Crippen molar-refractivity contribution >= 4 is 39.8 Å². The van der Waals surface area contributed by atoms with Gasteiger partial charge < -0.3 is 9.47 Å².